The quantitative estimate of drug-likeness (QED) is 0.123. The van der Waals surface area contributed by atoms with Crippen LogP contribution in [0.5, 0.6) is 0 Å². The van der Waals surface area contributed by atoms with Crippen molar-refractivity contribution in [1.82, 2.24) is 20.4 Å². The Hall–Kier alpha value is -2.37. The molecule has 2 aromatic rings. The number of guanidine groups is 1. The zero-order valence-electron chi connectivity index (χ0n) is 18.9. The Bertz CT molecular complexity index is 869. The molecule has 2 heterocycles. The van der Waals surface area contributed by atoms with Gasteiger partial charge in [0.05, 0.1) is 16.8 Å². The molecule has 0 spiro atoms. The molecule has 1 aliphatic heterocycles. The van der Waals surface area contributed by atoms with Crippen molar-refractivity contribution in [1.29, 1.82) is 0 Å². The number of hydrogen-bond donors (Lipinski definition) is 2. The Morgan fingerprint density at radius 2 is 2.09 bits per heavy atom. The summed E-state index contributed by atoms with van der Waals surface area (Å²) in [4.78, 5) is 17.5. The summed E-state index contributed by atoms with van der Waals surface area (Å²) in [5.41, 5.74) is 2.43. The highest BCUT2D eigenvalue weighted by molar-refractivity contribution is 14.0. The first-order valence-electron chi connectivity index (χ1n) is 11.1. The van der Waals surface area contributed by atoms with Gasteiger partial charge in [-0.1, -0.05) is 12.1 Å². The fraction of sp³-hybridized carbons (Fsp3) is 0.545. The smallest absolute Gasteiger partial charge is 0.269 e. The Labute approximate surface area is 206 Å². The molecular weight excluding hydrogens is 521 g/mol. The molecule has 9 nitrogen and oxygen atoms in total. The molecule has 1 unspecified atom stereocenters. The lowest BCUT2D eigenvalue weighted by Crippen LogP contribution is -2.51. The number of aliphatic imine (C=N–C) groups is 1. The molecule has 1 aromatic heterocycles. The van der Waals surface area contributed by atoms with E-state index in [0.717, 1.165) is 69.8 Å². The van der Waals surface area contributed by atoms with E-state index in [-0.39, 0.29) is 34.6 Å². The third-order valence-corrected chi connectivity index (χ3v) is 5.45. The molecule has 0 radical (unpaired) electrons. The highest BCUT2D eigenvalue weighted by atomic mass is 127. The standard InChI is InChI=1S/C22H33N7O2.HI/c1-3-23-22(24-13-5-4-7-18-9-11-20(12-10-18)29(30)31)26-19-8-6-14-28(16-19)21-15-25-27(2)17-21;/h9-12,15,17,19H,3-8,13-14,16H2,1-2H3,(H2,23,24,26);1H. The van der Waals surface area contributed by atoms with Crippen molar-refractivity contribution in [3.63, 3.8) is 0 Å². The van der Waals surface area contributed by atoms with E-state index < -0.39 is 0 Å². The second-order valence-corrected chi connectivity index (χ2v) is 7.94. The lowest BCUT2D eigenvalue weighted by atomic mass is 10.1. The van der Waals surface area contributed by atoms with E-state index in [9.17, 15) is 10.1 Å². The summed E-state index contributed by atoms with van der Waals surface area (Å²) in [5, 5.41) is 22.0. The minimum absolute atomic E-state index is 0. The highest BCUT2D eigenvalue weighted by Crippen LogP contribution is 2.19. The third-order valence-electron chi connectivity index (χ3n) is 5.45. The van der Waals surface area contributed by atoms with Gasteiger partial charge < -0.3 is 15.5 Å². The first-order chi connectivity index (χ1) is 15.0. The average Bonchev–Trinajstić information content (AvgIpc) is 3.20. The number of unbranched alkanes of at least 4 members (excludes halogenated alkanes) is 1. The van der Waals surface area contributed by atoms with Crippen LogP contribution in [0.3, 0.4) is 0 Å². The number of nitro groups is 1. The molecule has 0 bridgehead atoms. The molecule has 2 N–H and O–H groups in total. The van der Waals surface area contributed by atoms with E-state index >= 15 is 0 Å². The first kappa shape index (κ1) is 25.9. The fourth-order valence-electron chi connectivity index (χ4n) is 3.83. The Morgan fingerprint density at radius 3 is 2.75 bits per heavy atom. The largest absolute Gasteiger partial charge is 0.367 e. The second-order valence-electron chi connectivity index (χ2n) is 7.94. The van der Waals surface area contributed by atoms with Crippen molar-refractivity contribution in [2.24, 2.45) is 12.0 Å². The number of benzene rings is 1. The molecule has 176 valence electrons. The molecule has 10 heteroatoms. The van der Waals surface area contributed by atoms with Gasteiger partial charge in [-0.25, -0.2) is 0 Å². The predicted molar refractivity (Wildman–Crippen MR) is 139 cm³/mol. The minimum Gasteiger partial charge on any atom is -0.367 e. The third kappa shape index (κ3) is 7.95. The average molecular weight is 555 g/mol. The lowest BCUT2D eigenvalue weighted by molar-refractivity contribution is -0.384. The van der Waals surface area contributed by atoms with E-state index in [0.29, 0.717) is 6.04 Å². The Morgan fingerprint density at radius 1 is 1.31 bits per heavy atom. The molecule has 0 saturated carbocycles. The van der Waals surface area contributed by atoms with Crippen molar-refractivity contribution in [3.05, 3.63) is 52.3 Å². The molecular formula is C22H34IN7O2. The molecule has 1 aliphatic rings. The van der Waals surface area contributed by atoms with Gasteiger partial charge in [-0.2, -0.15) is 5.10 Å². The maximum Gasteiger partial charge on any atom is 0.269 e. The number of nitrogens with one attached hydrogen (secondary N) is 2. The van der Waals surface area contributed by atoms with Gasteiger partial charge >= 0.3 is 0 Å². The van der Waals surface area contributed by atoms with Gasteiger partial charge in [-0.15, -0.1) is 24.0 Å². The topological polar surface area (TPSA) is 101 Å². The number of rotatable bonds is 9. The van der Waals surface area contributed by atoms with Crippen LogP contribution < -0.4 is 15.5 Å². The van der Waals surface area contributed by atoms with Crippen molar-refractivity contribution in [2.75, 3.05) is 31.1 Å². The van der Waals surface area contributed by atoms with Crippen LogP contribution >= 0.6 is 24.0 Å². The fourth-order valence-corrected chi connectivity index (χ4v) is 3.83. The number of aryl methyl sites for hydroxylation is 2. The van der Waals surface area contributed by atoms with Gasteiger partial charge in [-0.3, -0.25) is 19.8 Å². The Balaban J connectivity index is 0.00000363. The number of hydrogen-bond acceptors (Lipinski definition) is 5. The monoisotopic (exact) mass is 555 g/mol. The zero-order valence-corrected chi connectivity index (χ0v) is 21.2. The van der Waals surface area contributed by atoms with E-state index in [1.54, 1.807) is 12.1 Å². The van der Waals surface area contributed by atoms with E-state index in [1.165, 1.54) is 5.69 Å². The van der Waals surface area contributed by atoms with Crippen LogP contribution in [0.4, 0.5) is 11.4 Å². The van der Waals surface area contributed by atoms with Gasteiger partial charge in [0.1, 0.15) is 0 Å². The summed E-state index contributed by atoms with van der Waals surface area (Å²) in [5.74, 6) is 0.871. The summed E-state index contributed by atoms with van der Waals surface area (Å²) in [6.07, 6.45) is 9.13. The maximum atomic E-state index is 10.7. The molecule has 3 rings (SSSR count). The van der Waals surface area contributed by atoms with Crippen LogP contribution in [-0.4, -0.2) is 52.9 Å². The molecule has 32 heavy (non-hydrogen) atoms. The normalized spacial score (nSPS) is 16.4. The molecule has 1 fully saturated rings. The van der Waals surface area contributed by atoms with Crippen LogP contribution in [0, 0.1) is 10.1 Å². The maximum absolute atomic E-state index is 10.7. The van der Waals surface area contributed by atoms with Gasteiger partial charge in [-0.05, 0) is 44.6 Å². The van der Waals surface area contributed by atoms with Crippen LogP contribution in [0.1, 0.15) is 38.2 Å². The van der Waals surface area contributed by atoms with Gasteiger partial charge in [0.2, 0.25) is 0 Å². The Kier molecular flexibility index (Phi) is 10.7. The molecule has 0 amide bonds. The summed E-state index contributed by atoms with van der Waals surface area (Å²) in [7, 11) is 1.95. The second kappa shape index (κ2) is 13.2. The number of piperidine rings is 1. The number of non-ortho nitro benzene ring substituents is 1. The number of nitrogens with zero attached hydrogens (tertiary/aromatic N) is 5. The number of nitro benzene ring substituents is 1. The van der Waals surface area contributed by atoms with E-state index in [2.05, 4.69) is 33.8 Å². The van der Waals surface area contributed by atoms with Crippen molar-refractivity contribution < 1.29 is 4.92 Å². The summed E-state index contributed by atoms with van der Waals surface area (Å²) in [6, 6.07) is 7.17. The van der Waals surface area contributed by atoms with Crippen molar-refractivity contribution in [3.8, 4) is 0 Å². The van der Waals surface area contributed by atoms with Crippen molar-refractivity contribution >= 4 is 41.3 Å². The van der Waals surface area contributed by atoms with Crippen LogP contribution in [-0.2, 0) is 13.5 Å². The lowest BCUT2D eigenvalue weighted by Gasteiger charge is -2.34. The zero-order chi connectivity index (χ0) is 22.1. The van der Waals surface area contributed by atoms with Crippen LogP contribution in [0.25, 0.3) is 0 Å². The predicted octanol–water partition coefficient (Wildman–Crippen LogP) is 3.49. The highest BCUT2D eigenvalue weighted by Gasteiger charge is 2.21. The molecule has 1 aromatic carbocycles. The van der Waals surface area contributed by atoms with Crippen LogP contribution in [0.15, 0.2) is 41.7 Å². The van der Waals surface area contributed by atoms with Gasteiger partial charge in [0.25, 0.3) is 5.69 Å². The molecule has 1 atom stereocenters. The summed E-state index contributed by atoms with van der Waals surface area (Å²) >= 11 is 0. The number of anilines is 1. The number of halogens is 1. The molecule has 0 aliphatic carbocycles. The number of aromatic nitrogens is 2. The van der Waals surface area contributed by atoms with Crippen molar-refractivity contribution in [2.45, 2.75) is 45.1 Å². The molecule has 1 saturated heterocycles. The van der Waals surface area contributed by atoms with E-state index in [1.807, 2.05) is 30.1 Å². The van der Waals surface area contributed by atoms with Gasteiger partial charge in [0, 0.05) is 57.6 Å². The summed E-state index contributed by atoms with van der Waals surface area (Å²) < 4.78 is 1.84. The summed E-state index contributed by atoms with van der Waals surface area (Å²) in [6.45, 7) is 5.65. The SMILES string of the molecule is CCNC(=NCCCCc1ccc([N+](=O)[O-])cc1)NC1CCCN(c2cnn(C)c2)C1.I. The first-order valence-corrected chi connectivity index (χ1v) is 11.1. The van der Waals surface area contributed by atoms with Crippen LogP contribution in [0.2, 0.25) is 0 Å². The van der Waals surface area contributed by atoms with Gasteiger partial charge in [0.15, 0.2) is 5.96 Å². The minimum atomic E-state index is -0.365. The van der Waals surface area contributed by atoms with E-state index in [4.69, 9.17) is 4.99 Å².